The molecule has 1 aromatic heterocycles. The number of benzene rings is 1. The number of carbonyl (C=O) groups is 1. The largest absolute Gasteiger partial charge is 0.497 e. The number of H-pyrrole nitrogens is 1. The summed E-state index contributed by atoms with van der Waals surface area (Å²) in [6.07, 6.45) is 4.73. The number of hydrogen-bond donors (Lipinski definition) is 1. The number of carbonyl (C=O) groups excluding carboxylic acids is 1. The van der Waals surface area contributed by atoms with E-state index in [0.29, 0.717) is 17.5 Å². The first-order chi connectivity index (χ1) is 13.7. The van der Waals surface area contributed by atoms with Crippen molar-refractivity contribution < 1.29 is 9.53 Å². The molecular formula is C22H28N4O2. The van der Waals surface area contributed by atoms with Gasteiger partial charge in [0.25, 0.3) is 5.91 Å². The minimum Gasteiger partial charge on any atom is -0.497 e. The summed E-state index contributed by atoms with van der Waals surface area (Å²) in [4.78, 5) is 17.7. The van der Waals surface area contributed by atoms with Gasteiger partial charge in [-0.25, -0.2) is 0 Å². The Morgan fingerprint density at radius 1 is 1.14 bits per heavy atom. The highest BCUT2D eigenvalue weighted by Gasteiger charge is 2.38. The number of rotatable bonds is 5. The van der Waals surface area contributed by atoms with Crippen LogP contribution in [0.3, 0.4) is 0 Å². The Bertz CT molecular complexity index is 842. The van der Waals surface area contributed by atoms with E-state index < -0.39 is 0 Å². The lowest BCUT2D eigenvalue weighted by Crippen LogP contribution is -2.47. The third-order valence-corrected chi connectivity index (χ3v) is 6.45. The monoisotopic (exact) mass is 380 g/mol. The third-order valence-electron chi connectivity index (χ3n) is 6.45. The first kappa shape index (κ1) is 17.7. The Morgan fingerprint density at radius 2 is 1.96 bits per heavy atom. The number of aromatic nitrogens is 2. The van der Waals surface area contributed by atoms with Crippen LogP contribution >= 0.6 is 0 Å². The summed E-state index contributed by atoms with van der Waals surface area (Å²) in [7, 11) is 1.69. The zero-order chi connectivity index (χ0) is 19.1. The highest BCUT2D eigenvalue weighted by atomic mass is 16.5. The van der Waals surface area contributed by atoms with Crippen molar-refractivity contribution in [2.75, 3.05) is 26.7 Å². The lowest BCUT2D eigenvalue weighted by atomic mass is 9.94. The summed E-state index contributed by atoms with van der Waals surface area (Å²) in [6, 6.07) is 10.6. The molecule has 6 heteroatoms. The molecule has 1 saturated carbocycles. The average molecular weight is 380 g/mol. The number of amides is 1. The highest BCUT2D eigenvalue weighted by Crippen LogP contribution is 2.39. The van der Waals surface area contributed by atoms with Crippen LogP contribution in [0.5, 0.6) is 5.75 Å². The van der Waals surface area contributed by atoms with E-state index in [9.17, 15) is 4.79 Å². The quantitative estimate of drug-likeness (QED) is 0.866. The van der Waals surface area contributed by atoms with Crippen LogP contribution in [-0.2, 0) is 6.54 Å². The molecule has 6 rings (SSSR count). The van der Waals surface area contributed by atoms with Crippen LogP contribution in [0.25, 0.3) is 0 Å². The number of nitrogens with one attached hydrogen (secondary N) is 1. The van der Waals surface area contributed by atoms with Gasteiger partial charge in [0.15, 0.2) is 0 Å². The van der Waals surface area contributed by atoms with Crippen molar-refractivity contribution in [2.45, 2.75) is 44.2 Å². The van der Waals surface area contributed by atoms with Gasteiger partial charge in [0.1, 0.15) is 11.4 Å². The van der Waals surface area contributed by atoms with Crippen LogP contribution in [-0.4, -0.2) is 58.7 Å². The second-order valence-electron chi connectivity index (χ2n) is 8.58. The van der Waals surface area contributed by atoms with E-state index in [4.69, 9.17) is 4.74 Å². The molecule has 4 fully saturated rings. The standard InChI is InChI=1S/C22H28N4O2/c1-28-19-8-3-15(4-9-19)11-25-12-16-2-7-18(14-25)26(13-16)22(27)21-10-20(23-24-21)17-5-6-17/h3-4,8-10,16-18H,2,5-7,11-14H2,1H3,(H,23,24)/t16-,18+/m1/s1. The molecule has 3 aliphatic heterocycles. The van der Waals surface area contributed by atoms with Crippen molar-refractivity contribution in [3.63, 3.8) is 0 Å². The van der Waals surface area contributed by atoms with Gasteiger partial charge in [0.05, 0.1) is 7.11 Å². The number of ether oxygens (including phenoxy) is 1. The molecular weight excluding hydrogens is 352 g/mol. The van der Waals surface area contributed by atoms with Crippen LogP contribution in [0.2, 0.25) is 0 Å². The fourth-order valence-electron chi connectivity index (χ4n) is 4.74. The van der Waals surface area contributed by atoms with Gasteiger partial charge in [-0.15, -0.1) is 0 Å². The molecule has 6 nitrogen and oxygen atoms in total. The van der Waals surface area contributed by atoms with E-state index in [1.165, 1.54) is 24.8 Å². The van der Waals surface area contributed by atoms with Gasteiger partial charge in [-0.3, -0.25) is 14.8 Å². The molecule has 4 heterocycles. The molecule has 3 saturated heterocycles. The summed E-state index contributed by atoms with van der Waals surface area (Å²) in [5, 5.41) is 7.41. The van der Waals surface area contributed by atoms with Gasteiger partial charge in [0.2, 0.25) is 0 Å². The van der Waals surface area contributed by atoms with Crippen LogP contribution in [0.15, 0.2) is 30.3 Å². The van der Waals surface area contributed by atoms with Crippen molar-refractivity contribution in [3.8, 4) is 5.75 Å². The van der Waals surface area contributed by atoms with Gasteiger partial charge >= 0.3 is 0 Å². The van der Waals surface area contributed by atoms with Crippen molar-refractivity contribution >= 4 is 5.91 Å². The number of methoxy groups -OCH3 is 1. The smallest absolute Gasteiger partial charge is 0.274 e. The van der Waals surface area contributed by atoms with Gasteiger partial charge < -0.3 is 9.64 Å². The van der Waals surface area contributed by atoms with Crippen LogP contribution in [0.4, 0.5) is 0 Å². The second-order valence-corrected chi connectivity index (χ2v) is 8.58. The second kappa shape index (κ2) is 7.24. The molecule has 1 aromatic carbocycles. The SMILES string of the molecule is COc1ccc(CN2C[C@H]3CC[C@@H](C2)N(C(=O)c2cc(C4CC4)[nH]n2)C3)cc1. The van der Waals surface area contributed by atoms with E-state index in [1.54, 1.807) is 7.11 Å². The third kappa shape index (κ3) is 3.53. The zero-order valence-electron chi connectivity index (χ0n) is 16.4. The Balaban J connectivity index is 1.28. The molecule has 148 valence electrons. The maximum Gasteiger partial charge on any atom is 0.274 e. The van der Waals surface area contributed by atoms with E-state index in [2.05, 4.69) is 32.1 Å². The summed E-state index contributed by atoms with van der Waals surface area (Å²) in [5.74, 6) is 2.13. The number of nitrogens with zero attached hydrogens (tertiary/aromatic N) is 3. The predicted molar refractivity (Wildman–Crippen MR) is 106 cm³/mol. The van der Waals surface area contributed by atoms with Crippen molar-refractivity contribution in [3.05, 3.63) is 47.3 Å². The molecule has 1 aliphatic carbocycles. The molecule has 28 heavy (non-hydrogen) atoms. The lowest BCUT2D eigenvalue weighted by molar-refractivity contribution is 0.0579. The van der Waals surface area contributed by atoms with E-state index in [0.717, 1.165) is 44.0 Å². The fourth-order valence-corrected chi connectivity index (χ4v) is 4.74. The first-order valence-electron chi connectivity index (χ1n) is 10.4. The number of fused-ring (bicyclic) bond motifs is 4. The van der Waals surface area contributed by atoms with Crippen molar-refractivity contribution in [1.82, 2.24) is 20.0 Å². The molecule has 2 atom stereocenters. The average Bonchev–Trinajstić information content (AvgIpc) is 3.51. The van der Waals surface area contributed by atoms with Crippen LogP contribution < -0.4 is 4.74 Å². The molecule has 0 radical (unpaired) electrons. The first-order valence-corrected chi connectivity index (χ1v) is 10.4. The zero-order valence-corrected chi connectivity index (χ0v) is 16.4. The maximum absolute atomic E-state index is 13.1. The molecule has 4 aliphatic rings. The van der Waals surface area contributed by atoms with Crippen molar-refractivity contribution in [2.24, 2.45) is 5.92 Å². The molecule has 1 amide bonds. The summed E-state index contributed by atoms with van der Waals surface area (Å²) in [6.45, 7) is 3.77. The summed E-state index contributed by atoms with van der Waals surface area (Å²) in [5.41, 5.74) is 3.02. The minimum absolute atomic E-state index is 0.101. The van der Waals surface area contributed by atoms with E-state index in [1.807, 2.05) is 18.2 Å². The minimum atomic E-state index is 0.101. The fraction of sp³-hybridized carbons (Fsp3) is 0.545. The predicted octanol–water partition coefficient (Wildman–Crippen LogP) is 3.03. The molecule has 2 bridgehead atoms. The normalized spacial score (nSPS) is 25.0. The Labute approximate surface area is 165 Å². The Kier molecular flexibility index (Phi) is 4.59. The summed E-state index contributed by atoms with van der Waals surface area (Å²) < 4.78 is 5.26. The van der Waals surface area contributed by atoms with Gasteiger partial charge in [-0.05, 0) is 55.4 Å². The number of hydrogen-bond acceptors (Lipinski definition) is 4. The molecule has 1 N–H and O–H groups in total. The van der Waals surface area contributed by atoms with Gasteiger partial charge in [0, 0.05) is 43.8 Å². The van der Waals surface area contributed by atoms with Gasteiger partial charge in [-0.1, -0.05) is 12.1 Å². The van der Waals surface area contributed by atoms with E-state index >= 15 is 0 Å². The van der Waals surface area contributed by atoms with E-state index in [-0.39, 0.29) is 11.9 Å². The number of aromatic amines is 1. The lowest BCUT2D eigenvalue weighted by Gasteiger charge is -2.35. The van der Waals surface area contributed by atoms with Gasteiger partial charge in [-0.2, -0.15) is 5.10 Å². The van der Waals surface area contributed by atoms with Crippen LogP contribution in [0.1, 0.15) is 53.3 Å². The molecule has 0 spiro atoms. The topological polar surface area (TPSA) is 61.5 Å². The van der Waals surface area contributed by atoms with Crippen molar-refractivity contribution in [1.29, 1.82) is 0 Å². The Morgan fingerprint density at radius 3 is 2.71 bits per heavy atom. The molecule has 0 unspecified atom stereocenters. The number of piperidine rings is 1. The van der Waals surface area contributed by atoms with Crippen LogP contribution in [0, 0.1) is 5.92 Å². The Hall–Kier alpha value is -2.34. The highest BCUT2D eigenvalue weighted by molar-refractivity contribution is 5.92. The molecule has 2 aromatic rings. The summed E-state index contributed by atoms with van der Waals surface area (Å²) >= 11 is 0. The maximum atomic E-state index is 13.1.